The first-order valence-electron chi connectivity index (χ1n) is 9.93. The molecule has 0 amide bonds. The zero-order valence-electron chi connectivity index (χ0n) is 16.8. The number of hydrogen-bond donors (Lipinski definition) is 1. The fraction of sp³-hybridized carbons (Fsp3) is 0.667. The summed E-state index contributed by atoms with van der Waals surface area (Å²) in [5.41, 5.74) is 2.59. The summed E-state index contributed by atoms with van der Waals surface area (Å²) in [6.07, 6.45) is 2.16. The Kier molecular flexibility index (Phi) is 5.78. The highest BCUT2D eigenvalue weighted by molar-refractivity contribution is 8.21. The number of thioether (sulfide) groups is 2. The third kappa shape index (κ3) is 3.61. The van der Waals surface area contributed by atoms with Crippen molar-refractivity contribution < 1.29 is 19.4 Å². The third-order valence-electron chi connectivity index (χ3n) is 6.61. The molecule has 4 rings (SSSR count). The van der Waals surface area contributed by atoms with E-state index in [0.29, 0.717) is 5.92 Å². The number of nitrogens with zero attached hydrogens (tertiary/aromatic N) is 1. The van der Waals surface area contributed by atoms with Crippen LogP contribution in [0.1, 0.15) is 36.9 Å². The van der Waals surface area contributed by atoms with Crippen LogP contribution in [0.2, 0.25) is 0 Å². The summed E-state index contributed by atoms with van der Waals surface area (Å²) in [7, 11) is 3.34. The molecule has 0 aliphatic carbocycles. The smallest absolute Gasteiger partial charge is 0.303 e. The number of benzene rings is 1. The molecule has 7 heteroatoms. The fourth-order valence-corrected chi connectivity index (χ4v) is 8.49. The number of fused-ring (bicyclic) bond motifs is 3. The fourth-order valence-electron chi connectivity index (χ4n) is 5.22. The van der Waals surface area contributed by atoms with Gasteiger partial charge in [-0.1, -0.05) is 0 Å². The van der Waals surface area contributed by atoms with Crippen LogP contribution in [0.15, 0.2) is 12.1 Å². The van der Waals surface area contributed by atoms with Gasteiger partial charge >= 0.3 is 5.97 Å². The van der Waals surface area contributed by atoms with Crippen molar-refractivity contribution >= 4 is 29.5 Å². The van der Waals surface area contributed by atoms with Crippen LogP contribution in [0, 0.1) is 11.8 Å². The van der Waals surface area contributed by atoms with Gasteiger partial charge in [0.15, 0.2) is 11.5 Å². The van der Waals surface area contributed by atoms with E-state index < -0.39 is 5.97 Å². The predicted octanol–water partition coefficient (Wildman–Crippen LogP) is 3.91. The molecule has 3 heterocycles. The molecule has 3 aliphatic rings. The molecule has 5 nitrogen and oxygen atoms in total. The maximum Gasteiger partial charge on any atom is 0.303 e. The van der Waals surface area contributed by atoms with Gasteiger partial charge in [0.1, 0.15) is 0 Å². The molecular weight excluding hydrogens is 394 g/mol. The number of ether oxygens (including phenoxy) is 2. The summed E-state index contributed by atoms with van der Waals surface area (Å²) < 4.78 is 11.2. The average molecular weight is 424 g/mol. The van der Waals surface area contributed by atoms with Crippen LogP contribution in [0.5, 0.6) is 11.5 Å². The van der Waals surface area contributed by atoms with Crippen molar-refractivity contribution in [3.8, 4) is 11.5 Å². The molecule has 0 unspecified atom stereocenters. The van der Waals surface area contributed by atoms with Crippen molar-refractivity contribution in [3.63, 3.8) is 0 Å². The Morgan fingerprint density at radius 1 is 1.25 bits per heavy atom. The zero-order valence-corrected chi connectivity index (χ0v) is 18.4. The highest BCUT2D eigenvalue weighted by Gasteiger charge is 2.49. The Bertz CT molecular complexity index is 750. The summed E-state index contributed by atoms with van der Waals surface area (Å²) in [6, 6.07) is 4.49. The number of rotatable bonds is 5. The highest BCUT2D eigenvalue weighted by Crippen LogP contribution is 2.56. The number of hydrogen-bond acceptors (Lipinski definition) is 6. The zero-order chi connectivity index (χ0) is 19.9. The van der Waals surface area contributed by atoms with E-state index in [2.05, 4.69) is 24.0 Å². The summed E-state index contributed by atoms with van der Waals surface area (Å²) in [6.45, 7) is 4.34. The van der Waals surface area contributed by atoms with E-state index in [1.165, 1.54) is 22.6 Å². The van der Waals surface area contributed by atoms with Gasteiger partial charge in [0.25, 0.3) is 0 Å². The first-order chi connectivity index (χ1) is 13.4. The Morgan fingerprint density at radius 2 is 1.93 bits per heavy atom. The van der Waals surface area contributed by atoms with Crippen molar-refractivity contribution in [1.82, 2.24) is 4.90 Å². The van der Waals surface area contributed by atoms with Crippen LogP contribution < -0.4 is 9.47 Å². The van der Waals surface area contributed by atoms with Crippen LogP contribution in [0.25, 0.3) is 0 Å². The molecule has 0 saturated carbocycles. The molecule has 0 spiro atoms. The molecule has 3 aliphatic heterocycles. The van der Waals surface area contributed by atoms with Crippen molar-refractivity contribution in [2.75, 3.05) is 38.8 Å². The second-order valence-corrected chi connectivity index (χ2v) is 11.4. The molecule has 1 aromatic carbocycles. The van der Waals surface area contributed by atoms with Crippen LogP contribution in [0.4, 0.5) is 0 Å². The van der Waals surface area contributed by atoms with Gasteiger partial charge in [0, 0.05) is 37.1 Å². The van der Waals surface area contributed by atoms with Crippen LogP contribution >= 0.6 is 23.5 Å². The maximum absolute atomic E-state index is 11.7. The molecule has 1 N–H and O–H groups in total. The van der Waals surface area contributed by atoms with Gasteiger partial charge in [-0.3, -0.25) is 9.69 Å². The summed E-state index contributed by atoms with van der Waals surface area (Å²) in [5.74, 6) is 3.79. The largest absolute Gasteiger partial charge is 0.493 e. The molecule has 2 fully saturated rings. The van der Waals surface area contributed by atoms with E-state index in [-0.39, 0.29) is 22.5 Å². The second-order valence-electron chi connectivity index (χ2n) is 8.08. The lowest BCUT2D eigenvalue weighted by atomic mass is 9.74. The first-order valence-corrected chi connectivity index (χ1v) is 11.9. The number of piperidine rings is 1. The Hall–Kier alpha value is -1.05. The average Bonchev–Trinajstić information content (AvgIpc) is 3.13. The lowest BCUT2D eigenvalue weighted by Gasteiger charge is -2.51. The van der Waals surface area contributed by atoms with Gasteiger partial charge in [0.05, 0.1) is 18.3 Å². The summed E-state index contributed by atoms with van der Waals surface area (Å²) >= 11 is 4.05. The molecule has 2 saturated heterocycles. The van der Waals surface area contributed by atoms with Crippen LogP contribution in [-0.4, -0.2) is 58.9 Å². The molecular formula is C21H29NO4S2. The molecule has 1 aromatic rings. The molecule has 28 heavy (non-hydrogen) atoms. The van der Waals surface area contributed by atoms with Gasteiger partial charge in [-0.05, 0) is 54.9 Å². The first kappa shape index (κ1) is 20.2. The standard InChI is InChI=1S/C21H29NO4S2/c1-21(27-6-7-28-21)16-12-22-5-4-13-9-18(25-2)19(26-3)11-15(13)17(22)8-14(16)10-20(23)24/h9,11,14,16-17H,4-8,10,12H2,1-3H3,(H,23,24)/t14-,16+,17+/m1/s1. The number of carbonyl (C=O) groups is 1. The Labute approximate surface area is 175 Å². The second kappa shape index (κ2) is 8.00. The number of carboxylic acids is 1. The van der Waals surface area contributed by atoms with Crippen molar-refractivity contribution in [1.29, 1.82) is 0 Å². The predicted molar refractivity (Wildman–Crippen MR) is 115 cm³/mol. The van der Waals surface area contributed by atoms with Gasteiger partial charge in [0.2, 0.25) is 0 Å². The maximum atomic E-state index is 11.7. The SMILES string of the molecule is COc1cc2c(cc1OC)[C@@H]1C[C@H](CC(=O)O)[C@@H](C3(C)SCCS3)CN1CC2. The van der Waals surface area contributed by atoms with Crippen molar-refractivity contribution in [2.45, 2.75) is 36.3 Å². The van der Waals surface area contributed by atoms with Crippen LogP contribution in [-0.2, 0) is 11.2 Å². The van der Waals surface area contributed by atoms with E-state index in [1.807, 2.05) is 23.5 Å². The van der Waals surface area contributed by atoms with E-state index in [4.69, 9.17) is 9.47 Å². The number of methoxy groups -OCH3 is 2. The van der Waals surface area contributed by atoms with Gasteiger partial charge < -0.3 is 14.6 Å². The Balaban J connectivity index is 1.67. The topological polar surface area (TPSA) is 59.0 Å². The number of aliphatic carboxylic acids is 1. The minimum absolute atomic E-state index is 0.128. The number of carboxylic acid groups (broad SMARTS) is 1. The summed E-state index contributed by atoms with van der Waals surface area (Å²) in [5, 5.41) is 9.59. The molecule has 3 atom stereocenters. The highest BCUT2D eigenvalue weighted by atomic mass is 32.2. The quantitative estimate of drug-likeness (QED) is 0.770. The third-order valence-corrected chi connectivity index (χ3v) is 10.1. The summed E-state index contributed by atoms with van der Waals surface area (Å²) in [4.78, 5) is 14.2. The van der Waals surface area contributed by atoms with E-state index >= 15 is 0 Å². The molecule has 154 valence electrons. The van der Waals surface area contributed by atoms with E-state index in [0.717, 1.165) is 37.4 Å². The van der Waals surface area contributed by atoms with Gasteiger partial charge in [-0.2, -0.15) is 0 Å². The molecule has 0 aromatic heterocycles. The normalized spacial score (nSPS) is 29.0. The molecule has 0 radical (unpaired) electrons. The van der Waals surface area contributed by atoms with Gasteiger partial charge in [-0.25, -0.2) is 0 Å². The van der Waals surface area contributed by atoms with Crippen molar-refractivity contribution in [2.24, 2.45) is 11.8 Å². The van der Waals surface area contributed by atoms with Crippen LogP contribution in [0.3, 0.4) is 0 Å². The molecule has 0 bridgehead atoms. The minimum Gasteiger partial charge on any atom is -0.493 e. The van der Waals surface area contributed by atoms with Crippen molar-refractivity contribution in [3.05, 3.63) is 23.3 Å². The van der Waals surface area contributed by atoms with Gasteiger partial charge in [-0.15, -0.1) is 23.5 Å². The lowest BCUT2D eigenvalue weighted by molar-refractivity contribution is -0.139. The Morgan fingerprint density at radius 3 is 2.57 bits per heavy atom. The van der Waals surface area contributed by atoms with E-state index in [1.54, 1.807) is 14.2 Å². The monoisotopic (exact) mass is 423 g/mol. The minimum atomic E-state index is -0.677. The van der Waals surface area contributed by atoms with E-state index in [9.17, 15) is 9.90 Å². The lowest BCUT2D eigenvalue weighted by Crippen LogP contribution is -2.51.